The lowest BCUT2D eigenvalue weighted by Gasteiger charge is -2.07. The summed E-state index contributed by atoms with van der Waals surface area (Å²) < 4.78 is 37.5. The number of rotatable bonds is 9. The predicted octanol–water partition coefficient (Wildman–Crippen LogP) is 6.44. The topological polar surface area (TPSA) is 240 Å². The third-order valence-corrected chi connectivity index (χ3v) is 11.8. The van der Waals surface area contributed by atoms with Crippen molar-refractivity contribution in [3.05, 3.63) is 132 Å². The Hall–Kier alpha value is -7.93. The maximum Gasteiger partial charge on any atom is 0.356 e. The number of hydrogen-bond donors (Lipinski definition) is 2. The van der Waals surface area contributed by atoms with E-state index in [2.05, 4.69) is 46.1 Å². The van der Waals surface area contributed by atoms with Crippen molar-refractivity contribution in [2.45, 2.75) is 36.8 Å². The number of anilines is 1. The Morgan fingerprint density at radius 1 is 0.650 bits per heavy atom. The molecule has 3 aromatic carbocycles. The van der Waals surface area contributed by atoms with Crippen LogP contribution >= 0.6 is 0 Å². The van der Waals surface area contributed by atoms with E-state index in [-0.39, 0.29) is 21.5 Å². The van der Waals surface area contributed by atoms with Gasteiger partial charge in [-0.25, -0.2) is 41.8 Å². The molecular weight excluding hydrogens is 791 g/mol. The summed E-state index contributed by atoms with van der Waals surface area (Å²) >= 11 is 0. The van der Waals surface area contributed by atoms with Crippen LogP contribution in [0.15, 0.2) is 123 Å². The van der Waals surface area contributed by atoms with Gasteiger partial charge in [-0.05, 0) is 132 Å². The maximum atomic E-state index is 13.1. The van der Waals surface area contributed by atoms with E-state index >= 15 is 0 Å². The molecule has 1 amide bonds. The molecule has 0 unspecified atom stereocenters. The standard InChI is InChI=1S/C25H20N6O4S.C16H11N5O3/c1-15-3-2-4-24(26-15)31-23(16-5-12-20-21(13-16)30-35-29-20)14-22(28-31)25(32)27-17-6-8-18(9-7-17)36(33,34)19-10-11-19;1-9-3-2-4-15(17-9)21-14(8-13(18-21)16(22)23)10-5-6-11-12(7-10)20-24-19-11/h2-9,12-14,19H,10-11H2,1H3,(H,27,32);2-8H,1H3,(H,22,23). The number of nitrogens with one attached hydrogen (secondary N) is 1. The third-order valence-electron chi connectivity index (χ3n) is 9.55. The number of carboxylic acid groups (broad SMARTS) is 1. The van der Waals surface area contributed by atoms with Crippen molar-refractivity contribution < 1.29 is 32.4 Å². The summed E-state index contributed by atoms with van der Waals surface area (Å²) in [5.41, 5.74) is 7.29. The van der Waals surface area contributed by atoms with Gasteiger partial charge >= 0.3 is 5.97 Å². The lowest BCUT2D eigenvalue weighted by molar-refractivity contribution is 0.0689. The number of fused-ring (bicyclic) bond motifs is 2. The van der Waals surface area contributed by atoms with Gasteiger partial charge in [-0.3, -0.25) is 4.79 Å². The van der Waals surface area contributed by atoms with E-state index in [9.17, 15) is 23.1 Å². The number of aryl methyl sites for hydroxylation is 2. The quantitative estimate of drug-likeness (QED) is 0.159. The average Bonchev–Trinajstić information content (AvgIpc) is 3.60. The Labute approximate surface area is 339 Å². The summed E-state index contributed by atoms with van der Waals surface area (Å²) in [6.07, 6.45) is 1.39. The zero-order chi connectivity index (χ0) is 41.5. The number of carbonyl (C=O) groups is 2. The molecule has 298 valence electrons. The number of aromatic carboxylic acids is 1. The van der Waals surface area contributed by atoms with E-state index in [1.807, 2.05) is 50.2 Å². The number of carboxylic acids is 1. The fraction of sp³-hybridized carbons (Fsp3) is 0.122. The summed E-state index contributed by atoms with van der Waals surface area (Å²) in [5, 5.41) is 35.8. The van der Waals surface area contributed by atoms with E-state index < -0.39 is 21.7 Å². The van der Waals surface area contributed by atoms with E-state index in [1.165, 1.54) is 22.9 Å². The van der Waals surface area contributed by atoms with Gasteiger partial charge in [0.2, 0.25) is 0 Å². The van der Waals surface area contributed by atoms with Crippen molar-refractivity contribution in [1.82, 2.24) is 50.2 Å². The number of pyridine rings is 2. The van der Waals surface area contributed by atoms with Crippen LogP contribution in [0.1, 0.15) is 45.2 Å². The second kappa shape index (κ2) is 15.1. The molecule has 10 rings (SSSR count). The van der Waals surface area contributed by atoms with Crippen molar-refractivity contribution in [1.29, 1.82) is 0 Å². The van der Waals surface area contributed by atoms with Gasteiger partial charge in [0.25, 0.3) is 5.91 Å². The lowest BCUT2D eigenvalue weighted by Crippen LogP contribution is -2.14. The van der Waals surface area contributed by atoms with E-state index in [1.54, 1.807) is 59.3 Å². The number of nitrogens with zero attached hydrogens (tertiary/aromatic N) is 10. The Balaban J connectivity index is 0.000000167. The normalized spacial score (nSPS) is 12.6. The van der Waals surface area contributed by atoms with Crippen molar-refractivity contribution in [2.24, 2.45) is 0 Å². The van der Waals surface area contributed by atoms with Crippen molar-refractivity contribution in [2.75, 3.05) is 5.32 Å². The Morgan fingerprint density at radius 2 is 1.15 bits per heavy atom. The van der Waals surface area contributed by atoms with Gasteiger partial charge in [-0.15, -0.1) is 0 Å². The number of hydrogen-bond acceptors (Lipinski definition) is 14. The van der Waals surface area contributed by atoms with Crippen LogP contribution in [-0.4, -0.2) is 80.8 Å². The summed E-state index contributed by atoms with van der Waals surface area (Å²) in [6.45, 7) is 3.73. The Bertz CT molecular complexity index is 3200. The Morgan fingerprint density at radius 3 is 1.65 bits per heavy atom. The largest absolute Gasteiger partial charge is 0.476 e. The highest BCUT2D eigenvalue weighted by molar-refractivity contribution is 7.92. The lowest BCUT2D eigenvalue weighted by atomic mass is 10.1. The van der Waals surface area contributed by atoms with Crippen LogP contribution in [0.4, 0.5) is 5.69 Å². The van der Waals surface area contributed by atoms with Gasteiger partial charge in [0.1, 0.15) is 22.1 Å². The molecule has 1 aliphatic carbocycles. The molecule has 0 saturated heterocycles. The maximum absolute atomic E-state index is 13.1. The molecule has 18 nitrogen and oxygen atoms in total. The average molecular weight is 822 g/mol. The molecule has 0 bridgehead atoms. The molecule has 6 heterocycles. The third kappa shape index (κ3) is 7.47. The first kappa shape index (κ1) is 37.6. The molecule has 0 radical (unpaired) electrons. The van der Waals surface area contributed by atoms with Gasteiger partial charge in [0, 0.05) is 28.2 Å². The minimum Gasteiger partial charge on any atom is -0.476 e. The molecule has 2 N–H and O–H groups in total. The summed E-state index contributed by atoms with van der Waals surface area (Å²) in [6, 6.07) is 31.1. The number of sulfone groups is 1. The first-order valence-corrected chi connectivity index (χ1v) is 20.0. The molecule has 60 heavy (non-hydrogen) atoms. The van der Waals surface area contributed by atoms with Crippen molar-refractivity contribution >= 4 is 49.5 Å². The monoisotopic (exact) mass is 821 g/mol. The first-order chi connectivity index (χ1) is 29.0. The predicted molar refractivity (Wildman–Crippen MR) is 215 cm³/mol. The van der Waals surface area contributed by atoms with Gasteiger partial charge < -0.3 is 10.4 Å². The molecular formula is C41H31N11O7S. The molecule has 0 aliphatic heterocycles. The first-order valence-electron chi connectivity index (χ1n) is 18.4. The molecule has 6 aromatic heterocycles. The van der Waals surface area contributed by atoms with Crippen LogP contribution in [0, 0.1) is 13.8 Å². The number of amides is 1. The molecule has 19 heteroatoms. The Kier molecular flexibility index (Phi) is 9.47. The summed E-state index contributed by atoms with van der Waals surface area (Å²) in [7, 11) is -3.29. The highest BCUT2D eigenvalue weighted by Gasteiger charge is 2.36. The molecule has 1 aliphatic rings. The second-order valence-corrected chi connectivity index (χ2v) is 16.1. The second-order valence-electron chi connectivity index (χ2n) is 13.9. The van der Waals surface area contributed by atoms with Crippen molar-refractivity contribution in [3.63, 3.8) is 0 Å². The molecule has 0 atom stereocenters. The van der Waals surface area contributed by atoms with Crippen LogP contribution in [0.3, 0.4) is 0 Å². The highest BCUT2D eigenvalue weighted by atomic mass is 32.2. The SMILES string of the molecule is Cc1cccc(-n2nc(C(=O)Nc3ccc(S(=O)(=O)C4CC4)cc3)cc2-c2ccc3nonc3c2)n1.Cc1cccc(-n2nc(C(=O)O)cc2-c2ccc3nonc3c2)n1. The summed E-state index contributed by atoms with van der Waals surface area (Å²) in [4.78, 5) is 33.7. The van der Waals surface area contributed by atoms with Crippen LogP contribution < -0.4 is 5.32 Å². The summed E-state index contributed by atoms with van der Waals surface area (Å²) in [5.74, 6) is -0.454. The van der Waals surface area contributed by atoms with E-state index in [0.29, 0.717) is 63.6 Å². The number of aromatic nitrogens is 10. The fourth-order valence-electron chi connectivity index (χ4n) is 6.41. The molecule has 1 saturated carbocycles. The molecule has 1 fully saturated rings. The smallest absolute Gasteiger partial charge is 0.356 e. The van der Waals surface area contributed by atoms with Gasteiger partial charge in [0.05, 0.1) is 21.5 Å². The van der Waals surface area contributed by atoms with Gasteiger partial charge in [-0.2, -0.15) is 10.2 Å². The van der Waals surface area contributed by atoms with Crippen LogP contribution in [-0.2, 0) is 9.84 Å². The van der Waals surface area contributed by atoms with E-state index in [4.69, 9.17) is 9.26 Å². The number of carbonyl (C=O) groups excluding carboxylic acids is 1. The minimum absolute atomic E-state index is 0.0633. The van der Waals surface area contributed by atoms with E-state index in [0.717, 1.165) is 22.5 Å². The van der Waals surface area contributed by atoms with Gasteiger partial charge in [-0.1, -0.05) is 24.3 Å². The molecule has 0 spiro atoms. The van der Waals surface area contributed by atoms with Crippen LogP contribution in [0.25, 0.3) is 56.2 Å². The van der Waals surface area contributed by atoms with Gasteiger partial charge in [0.15, 0.2) is 32.9 Å². The van der Waals surface area contributed by atoms with Crippen molar-refractivity contribution in [3.8, 4) is 34.2 Å². The van der Waals surface area contributed by atoms with Crippen LogP contribution in [0.2, 0.25) is 0 Å². The molecule has 9 aromatic rings. The zero-order valence-corrected chi connectivity index (χ0v) is 32.5. The highest BCUT2D eigenvalue weighted by Crippen LogP contribution is 2.34. The van der Waals surface area contributed by atoms with Crippen LogP contribution in [0.5, 0.6) is 0 Å². The fourth-order valence-corrected chi connectivity index (χ4v) is 8.07. The number of benzene rings is 3. The zero-order valence-electron chi connectivity index (χ0n) is 31.7. The minimum atomic E-state index is -3.29.